The van der Waals surface area contributed by atoms with Crippen molar-refractivity contribution in [2.24, 2.45) is 0 Å². The fraction of sp³-hybridized carbons (Fsp3) is 0.118. The third-order valence-corrected chi connectivity index (χ3v) is 4.10. The number of nitrogens with zero attached hydrogens (tertiary/aromatic N) is 3. The van der Waals surface area contributed by atoms with E-state index in [1.165, 1.54) is 0 Å². The molecule has 0 bridgehead atoms. The third-order valence-electron chi connectivity index (χ3n) is 3.52. The molecule has 0 radical (unpaired) electrons. The van der Waals surface area contributed by atoms with Crippen molar-refractivity contribution in [2.45, 2.75) is 6.54 Å². The molecule has 0 saturated heterocycles. The first-order chi connectivity index (χ1) is 11.6. The monoisotopic (exact) mass is 358 g/mol. The van der Waals surface area contributed by atoms with E-state index in [4.69, 9.17) is 34.5 Å². The average Bonchev–Trinajstić information content (AvgIpc) is 2.61. The Morgan fingerprint density at radius 1 is 1.12 bits per heavy atom. The minimum Gasteiger partial charge on any atom is -0.495 e. The Bertz CT molecular complexity index is 953. The minimum atomic E-state index is 0.305. The molecule has 0 saturated carbocycles. The van der Waals surface area contributed by atoms with Gasteiger partial charge in [0.2, 0.25) is 0 Å². The van der Waals surface area contributed by atoms with Crippen LogP contribution in [-0.2, 0) is 6.54 Å². The zero-order chi connectivity index (χ0) is 17.1. The summed E-state index contributed by atoms with van der Waals surface area (Å²) in [5.74, 6) is 1.19. The van der Waals surface area contributed by atoms with Crippen LogP contribution < -0.4 is 10.1 Å². The van der Waals surface area contributed by atoms with E-state index in [0.717, 1.165) is 16.3 Å². The molecule has 24 heavy (non-hydrogen) atoms. The van der Waals surface area contributed by atoms with Gasteiger partial charge in [-0.05, 0) is 23.8 Å². The lowest BCUT2D eigenvalue weighted by Crippen LogP contribution is -2.03. The van der Waals surface area contributed by atoms with Crippen molar-refractivity contribution >= 4 is 45.5 Å². The van der Waals surface area contributed by atoms with Crippen LogP contribution in [0, 0.1) is 6.57 Å². The number of anilines is 1. The number of halogens is 2. The Morgan fingerprint density at radius 2 is 1.96 bits per heavy atom. The summed E-state index contributed by atoms with van der Waals surface area (Å²) in [6.45, 7) is 7.65. The van der Waals surface area contributed by atoms with Crippen LogP contribution in [-0.4, -0.2) is 17.3 Å². The molecule has 0 amide bonds. The highest BCUT2D eigenvalue weighted by Gasteiger charge is 2.09. The van der Waals surface area contributed by atoms with E-state index in [9.17, 15) is 0 Å². The summed E-state index contributed by atoms with van der Waals surface area (Å²) in [6, 6.07) is 10.8. The van der Waals surface area contributed by atoms with Gasteiger partial charge in [0.05, 0.1) is 18.7 Å². The number of hydrogen-bond donors (Lipinski definition) is 1. The molecular formula is C17H12Cl2N4O. The first-order valence-corrected chi connectivity index (χ1v) is 7.77. The molecule has 0 unspecified atom stereocenters. The highest BCUT2D eigenvalue weighted by Crippen LogP contribution is 2.30. The predicted molar refractivity (Wildman–Crippen MR) is 96.1 cm³/mol. The standard InChI is InChI=1S/C17H12Cl2N4O/c1-20-11-4-5-12-13(8-11)17(23-22-16(12)19)21-9-10-3-6-15(24-2)14(18)7-10/h3-8H,9H2,2H3,(H,21,23). The lowest BCUT2D eigenvalue weighted by Gasteiger charge is -2.10. The Hall–Kier alpha value is -2.55. The van der Waals surface area contributed by atoms with Crippen molar-refractivity contribution in [1.82, 2.24) is 10.2 Å². The van der Waals surface area contributed by atoms with E-state index >= 15 is 0 Å². The molecular weight excluding hydrogens is 347 g/mol. The highest BCUT2D eigenvalue weighted by molar-refractivity contribution is 6.34. The van der Waals surface area contributed by atoms with Crippen LogP contribution in [0.15, 0.2) is 36.4 Å². The Morgan fingerprint density at radius 3 is 2.67 bits per heavy atom. The fourth-order valence-corrected chi connectivity index (χ4v) is 2.80. The van der Waals surface area contributed by atoms with Gasteiger partial charge in [-0.3, -0.25) is 0 Å². The molecule has 1 heterocycles. The zero-order valence-corrected chi connectivity index (χ0v) is 14.2. The maximum absolute atomic E-state index is 7.15. The molecule has 5 nitrogen and oxygen atoms in total. The van der Waals surface area contributed by atoms with Crippen molar-refractivity contribution in [2.75, 3.05) is 12.4 Å². The molecule has 0 aliphatic heterocycles. The van der Waals surface area contributed by atoms with Gasteiger partial charge in [0.15, 0.2) is 16.7 Å². The predicted octanol–water partition coefficient (Wildman–Crippen LogP) is 5.11. The van der Waals surface area contributed by atoms with Crippen molar-refractivity contribution < 1.29 is 4.74 Å². The van der Waals surface area contributed by atoms with E-state index in [0.29, 0.717) is 34.0 Å². The van der Waals surface area contributed by atoms with Crippen molar-refractivity contribution in [3.8, 4) is 5.75 Å². The van der Waals surface area contributed by atoms with Gasteiger partial charge in [0, 0.05) is 17.3 Å². The molecule has 3 rings (SSSR count). The molecule has 1 N–H and O–H groups in total. The van der Waals surface area contributed by atoms with Crippen LogP contribution in [0.25, 0.3) is 15.6 Å². The quantitative estimate of drug-likeness (QED) is 0.658. The maximum atomic E-state index is 7.15. The summed E-state index contributed by atoms with van der Waals surface area (Å²) in [6.07, 6.45) is 0. The molecule has 0 aliphatic rings. The summed E-state index contributed by atoms with van der Waals surface area (Å²) >= 11 is 12.2. The first-order valence-electron chi connectivity index (χ1n) is 7.02. The van der Waals surface area contributed by atoms with Gasteiger partial charge in [-0.15, -0.1) is 10.2 Å². The van der Waals surface area contributed by atoms with Gasteiger partial charge in [-0.25, -0.2) is 4.85 Å². The van der Waals surface area contributed by atoms with Crippen LogP contribution in [0.2, 0.25) is 10.2 Å². The molecule has 1 aromatic heterocycles. The average molecular weight is 359 g/mol. The number of ether oxygens (including phenoxy) is 1. The molecule has 7 heteroatoms. The van der Waals surface area contributed by atoms with Crippen molar-refractivity contribution in [3.05, 3.63) is 63.6 Å². The van der Waals surface area contributed by atoms with Gasteiger partial charge in [0.25, 0.3) is 0 Å². The van der Waals surface area contributed by atoms with E-state index in [-0.39, 0.29) is 0 Å². The Balaban J connectivity index is 1.91. The lowest BCUT2D eigenvalue weighted by atomic mass is 10.1. The number of nitrogens with one attached hydrogen (secondary N) is 1. The summed E-state index contributed by atoms with van der Waals surface area (Å²) in [7, 11) is 1.57. The maximum Gasteiger partial charge on any atom is 0.188 e. The van der Waals surface area contributed by atoms with Gasteiger partial charge < -0.3 is 10.1 Å². The first kappa shape index (κ1) is 16.3. The normalized spacial score (nSPS) is 10.4. The summed E-state index contributed by atoms with van der Waals surface area (Å²) in [5, 5.41) is 13.6. The zero-order valence-electron chi connectivity index (χ0n) is 12.7. The third kappa shape index (κ3) is 3.21. The van der Waals surface area contributed by atoms with Crippen LogP contribution in [0.4, 0.5) is 11.5 Å². The van der Waals surface area contributed by atoms with Gasteiger partial charge in [-0.2, -0.15) is 0 Å². The molecule has 3 aromatic rings. The van der Waals surface area contributed by atoms with Crippen LogP contribution >= 0.6 is 23.2 Å². The van der Waals surface area contributed by atoms with Crippen LogP contribution in [0.1, 0.15) is 5.56 Å². The SMILES string of the molecule is [C-]#[N+]c1ccc2c(Cl)nnc(NCc3ccc(OC)c(Cl)c3)c2c1. The topological polar surface area (TPSA) is 51.4 Å². The number of methoxy groups -OCH3 is 1. The second-order valence-electron chi connectivity index (χ2n) is 5.00. The number of benzene rings is 2. The molecule has 0 aliphatic carbocycles. The fourth-order valence-electron chi connectivity index (χ4n) is 2.32. The molecule has 0 fully saturated rings. The smallest absolute Gasteiger partial charge is 0.188 e. The summed E-state index contributed by atoms with van der Waals surface area (Å²) in [5.41, 5.74) is 1.48. The van der Waals surface area contributed by atoms with Crippen LogP contribution in [0.3, 0.4) is 0 Å². The van der Waals surface area contributed by atoms with Crippen LogP contribution in [0.5, 0.6) is 5.75 Å². The number of hydrogen-bond acceptors (Lipinski definition) is 4. The van der Waals surface area contributed by atoms with Gasteiger partial charge >= 0.3 is 0 Å². The molecule has 2 aromatic carbocycles. The van der Waals surface area contributed by atoms with Crippen molar-refractivity contribution in [1.29, 1.82) is 0 Å². The lowest BCUT2D eigenvalue weighted by molar-refractivity contribution is 0.415. The summed E-state index contributed by atoms with van der Waals surface area (Å²) < 4.78 is 5.14. The second kappa shape index (κ2) is 6.91. The Kier molecular flexibility index (Phi) is 4.70. The van der Waals surface area contributed by atoms with Crippen molar-refractivity contribution in [3.63, 3.8) is 0 Å². The van der Waals surface area contributed by atoms with E-state index in [2.05, 4.69) is 20.4 Å². The minimum absolute atomic E-state index is 0.305. The summed E-state index contributed by atoms with van der Waals surface area (Å²) in [4.78, 5) is 3.44. The molecule has 0 spiro atoms. The van der Waals surface area contributed by atoms with E-state index in [1.807, 2.05) is 18.2 Å². The number of fused-ring (bicyclic) bond motifs is 1. The Labute approximate surface area is 149 Å². The molecule has 0 atom stereocenters. The number of aromatic nitrogens is 2. The number of rotatable bonds is 4. The largest absolute Gasteiger partial charge is 0.495 e. The molecule has 120 valence electrons. The second-order valence-corrected chi connectivity index (χ2v) is 5.77. The van der Waals surface area contributed by atoms with Gasteiger partial charge in [-0.1, -0.05) is 41.4 Å². The van der Waals surface area contributed by atoms with E-state index < -0.39 is 0 Å². The van der Waals surface area contributed by atoms with E-state index in [1.54, 1.807) is 25.3 Å². The van der Waals surface area contributed by atoms with Gasteiger partial charge in [0.1, 0.15) is 5.75 Å². The highest BCUT2D eigenvalue weighted by atomic mass is 35.5.